The second kappa shape index (κ2) is 10.7. The van der Waals surface area contributed by atoms with Crippen LogP contribution < -0.4 is 10.6 Å². The van der Waals surface area contributed by atoms with Crippen molar-refractivity contribution in [2.75, 3.05) is 14.2 Å². The van der Waals surface area contributed by atoms with Gasteiger partial charge in [-0.2, -0.15) is 0 Å². The van der Waals surface area contributed by atoms with Gasteiger partial charge in [0.15, 0.2) is 0 Å². The Balaban J connectivity index is 3.05. The van der Waals surface area contributed by atoms with Crippen molar-refractivity contribution in [3.63, 3.8) is 0 Å². The van der Waals surface area contributed by atoms with E-state index in [4.69, 9.17) is 9.47 Å². The number of benzene rings is 2. The first-order valence-corrected chi connectivity index (χ1v) is 13.2. The van der Waals surface area contributed by atoms with Gasteiger partial charge in [-0.25, -0.2) is 9.59 Å². The first-order valence-electron chi connectivity index (χ1n) is 10.5. The molecule has 0 heterocycles. The van der Waals surface area contributed by atoms with Crippen molar-refractivity contribution >= 4 is 38.4 Å². The summed E-state index contributed by atoms with van der Waals surface area (Å²) in [4.78, 5) is 26.9. The average molecular weight is 473 g/mol. The fourth-order valence-corrected chi connectivity index (χ4v) is 10.9. The van der Waals surface area contributed by atoms with Gasteiger partial charge in [0.2, 0.25) is 0 Å². The molecular formula is C26H34O4P2. The van der Waals surface area contributed by atoms with Gasteiger partial charge in [-0.15, -0.1) is 0 Å². The van der Waals surface area contributed by atoms with Gasteiger partial charge in [0, 0.05) is 0 Å². The van der Waals surface area contributed by atoms with E-state index in [2.05, 4.69) is 41.5 Å². The van der Waals surface area contributed by atoms with Crippen molar-refractivity contribution in [2.45, 2.75) is 51.9 Å². The van der Waals surface area contributed by atoms with E-state index in [0.29, 0.717) is 10.6 Å². The lowest BCUT2D eigenvalue weighted by molar-refractivity contribution is -0.138. The Morgan fingerprint density at radius 3 is 1.28 bits per heavy atom. The summed E-state index contributed by atoms with van der Waals surface area (Å²) >= 11 is 0. The molecule has 0 fully saturated rings. The fourth-order valence-electron chi connectivity index (χ4n) is 4.02. The number of hydrogen-bond donors (Lipinski definition) is 0. The molecule has 0 atom stereocenters. The molecule has 2 aromatic rings. The molecule has 0 saturated heterocycles. The molecule has 0 radical (unpaired) electrons. The number of ether oxygens (including phenoxy) is 2. The quantitative estimate of drug-likeness (QED) is 0.305. The molecule has 172 valence electrons. The van der Waals surface area contributed by atoms with Gasteiger partial charge in [0.05, 0.1) is 24.8 Å². The Bertz CT molecular complexity index is 901. The molecule has 0 saturated carbocycles. The number of methoxy groups -OCH3 is 2. The first-order chi connectivity index (χ1) is 14.9. The fraction of sp³-hybridized carbons (Fsp3) is 0.385. The molecule has 0 N–H and O–H groups in total. The van der Waals surface area contributed by atoms with E-state index >= 15 is 0 Å². The lowest BCUT2D eigenvalue weighted by Gasteiger charge is -2.43. The smallest absolute Gasteiger partial charge is 0.339 e. The van der Waals surface area contributed by atoms with E-state index < -0.39 is 27.8 Å². The number of carbonyl (C=O) groups excluding carboxylic acids is 2. The van der Waals surface area contributed by atoms with Crippen LogP contribution in [0.5, 0.6) is 0 Å². The van der Waals surface area contributed by atoms with Crippen molar-refractivity contribution in [3.05, 3.63) is 71.3 Å². The molecule has 0 amide bonds. The summed E-state index contributed by atoms with van der Waals surface area (Å²) in [6.07, 6.45) is 0. The van der Waals surface area contributed by atoms with Crippen molar-refractivity contribution in [2.24, 2.45) is 0 Å². The molecular weight excluding hydrogens is 438 g/mol. The van der Waals surface area contributed by atoms with Crippen LogP contribution in [0.25, 0.3) is 0 Å². The zero-order chi connectivity index (χ0) is 24.1. The molecule has 0 aromatic heterocycles. The van der Waals surface area contributed by atoms with Gasteiger partial charge in [-0.05, 0) is 28.8 Å². The minimum atomic E-state index is -1.34. The zero-order valence-corrected chi connectivity index (χ0v) is 22.1. The Kier molecular flexibility index (Phi) is 8.80. The van der Waals surface area contributed by atoms with Gasteiger partial charge >= 0.3 is 11.9 Å². The maximum absolute atomic E-state index is 13.5. The van der Waals surface area contributed by atoms with Crippen molar-refractivity contribution in [3.8, 4) is 0 Å². The predicted octanol–water partition coefficient (Wildman–Crippen LogP) is 5.76. The van der Waals surface area contributed by atoms with Gasteiger partial charge in [0.25, 0.3) is 0 Å². The maximum atomic E-state index is 13.5. The highest BCUT2D eigenvalue weighted by Gasteiger charge is 2.45. The van der Waals surface area contributed by atoms with Crippen LogP contribution in [0.2, 0.25) is 0 Å². The standard InChI is InChI=1S/C26H34O4P2/c1-25(2,3)32(26(4,5)6)22(24(28)30-8)21(23(27)29-7)31(19-15-11-9-12-16-19)20-17-13-10-14-18-20/h9-18H,1-8H3/b22-21-. The third kappa shape index (κ3) is 6.06. The monoisotopic (exact) mass is 472 g/mol. The molecule has 32 heavy (non-hydrogen) atoms. The second-order valence-corrected chi connectivity index (χ2v) is 15.3. The van der Waals surface area contributed by atoms with E-state index in [-0.39, 0.29) is 10.3 Å². The van der Waals surface area contributed by atoms with Crippen LogP contribution in [0.1, 0.15) is 41.5 Å². The van der Waals surface area contributed by atoms with Gasteiger partial charge < -0.3 is 9.47 Å². The summed E-state index contributed by atoms with van der Waals surface area (Å²) in [5.74, 6) is -0.939. The minimum Gasteiger partial charge on any atom is -0.465 e. The zero-order valence-electron chi connectivity index (χ0n) is 20.3. The summed E-state index contributed by atoms with van der Waals surface area (Å²) in [5.41, 5.74) is 0. The van der Waals surface area contributed by atoms with Crippen LogP contribution in [-0.4, -0.2) is 36.5 Å². The Labute approximate surface area is 194 Å². The molecule has 0 spiro atoms. The summed E-state index contributed by atoms with van der Waals surface area (Å²) in [6.45, 7) is 12.7. The number of hydrogen-bond acceptors (Lipinski definition) is 4. The van der Waals surface area contributed by atoms with E-state index in [1.54, 1.807) is 0 Å². The third-order valence-electron chi connectivity index (χ3n) is 4.80. The van der Waals surface area contributed by atoms with Crippen molar-refractivity contribution in [1.29, 1.82) is 0 Å². The second-order valence-electron chi connectivity index (χ2n) is 9.36. The Morgan fingerprint density at radius 1 is 0.625 bits per heavy atom. The summed E-state index contributed by atoms with van der Waals surface area (Å²) in [7, 11) is 0.285. The van der Waals surface area contributed by atoms with E-state index in [9.17, 15) is 9.59 Å². The molecule has 0 aliphatic rings. The van der Waals surface area contributed by atoms with Crippen molar-refractivity contribution < 1.29 is 19.1 Å². The lowest BCUT2D eigenvalue weighted by atomic mass is 10.2. The first kappa shape index (κ1) is 26.2. The minimum absolute atomic E-state index is 0.245. The highest BCUT2D eigenvalue weighted by Crippen LogP contribution is 2.68. The molecule has 2 aromatic carbocycles. The van der Waals surface area contributed by atoms with Crippen LogP contribution in [0.15, 0.2) is 71.3 Å². The molecule has 6 heteroatoms. The average Bonchev–Trinajstić information content (AvgIpc) is 2.74. The molecule has 0 aliphatic carbocycles. The van der Waals surface area contributed by atoms with E-state index in [0.717, 1.165) is 10.6 Å². The summed E-state index contributed by atoms with van der Waals surface area (Å²) in [5, 5.41) is 2.35. The molecule has 4 nitrogen and oxygen atoms in total. The topological polar surface area (TPSA) is 52.6 Å². The molecule has 2 rings (SSSR count). The Hall–Kier alpha value is -2.02. The normalized spacial score (nSPS) is 13.1. The number of esters is 2. The van der Waals surface area contributed by atoms with Crippen LogP contribution >= 0.6 is 15.8 Å². The van der Waals surface area contributed by atoms with Crippen LogP contribution in [0, 0.1) is 0 Å². The summed E-state index contributed by atoms with van der Waals surface area (Å²) < 4.78 is 10.6. The lowest BCUT2D eigenvalue weighted by Crippen LogP contribution is -2.31. The molecule has 0 aliphatic heterocycles. The van der Waals surface area contributed by atoms with Crippen molar-refractivity contribution in [1.82, 2.24) is 0 Å². The highest BCUT2D eigenvalue weighted by atomic mass is 31.1. The van der Waals surface area contributed by atoms with Gasteiger partial charge in [-0.3, -0.25) is 0 Å². The molecule has 0 bridgehead atoms. The Morgan fingerprint density at radius 2 is 0.969 bits per heavy atom. The van der Waals surface area contributed by atoms with Gasteiger partial charge in [-0.1, -0.05) is 110 Å². The van der Waals surface area contributed by atoms with Gasteiger partial charge in [0.1, 0.15) is 0 Å². The SMILES string of the molecule is COC(=O)/C(=C(\C(=O)OC)P(C(C)(C)C)C(C)(C)C)P(c1ccccc1)c1ccccc1. The largest absolute Gasteiger partial charge is 0.465 e. The number of carbonyl (C=O) groups is 2. The highest BCUT2D eigenvalue weighted by molar-refractivity contribution is 7.79. The van der Waals surface area contributed by atoms with E-state index in [1.807, 2.05) is 60.7 Å². The molecule has 0 unspecified atom stereocenters. The summed E-state index contributed by atoms with van der Waals surface area (Å²) in [6, 6.07) is 19.7. The third-order valence-corrected chi connectivity index (χ3v) is 11.0. The maximum Gasteiger partial charge on any atom is 0.339 e. The number of rotatable bonds is 6. The van der Waals surface area contributed by atoms with Crippen LogP contribution in [0.3, 0.4) is 0 Å². The van der Waals surface area contributed by atoms with Crippen LogP contribution in [0.4, 0.5) is 0 Å². The van der Waals surface area contributed by atoms with E-state index in [1.165, 1.54) is 14.2 Å². The van der Waals surface area contributed by atoms with Crippen LogP contribution in [-0.2, 0) is 19.1 Å². The predicted molar refractivity (Wildman–Crippen MR) is 137 cm³/mol.